The third-order valence-electron chi connectivity index (χ3n) is 11.6. The molecule has 10 rings (SSSR count). The van der Waals surface area contributed by atoms with Crippen molar-refractivity contribution in [3.8, 4) is 45.1 Å². The van der Waals surface area contributed by atoms with Gasteiger partial charge in [0.2, 0.25) is 0 Å². The Morgan fingerprint density at radius 3 is 1.13 bits per heavy atom. The summed E-state index contributed by atoms with van der Waals surface area (Å²) in [6, 6.07) is 69.3. The first-order chi connectivity index (χ1) is 33.4. The molecule has 8 nitrogen and oxygen atoms in total. The molecule has 68 heavy (non-hydrogen) atoms. The van der Waals surface area contributed by atoms with Gasteiger partial charge in [-0.1, -0.05) is 98.1 Å². The van der Waals surface area contributed by atoms with Gasteiger partial charge in [-0.05, 0) is 154 Å². The van der Waals surface area contributed by atoms with Crippen molar-refractivity contribution in [1.29, 1.82) is 0 Å². The summed E-state index contributed by atoms with van der Waals surface area (Å²) in [6.45, 7) is 7.12. The fourth-order valence-electron chi connectivity index (χ4n) is 8.47. The van der Waals surface area contributed by atoms with E-state index in [1.807, 2.05) is 109 Å². The van der Waals surface area contributed by atoms with E-state index < -0.39 is 11.9 Å². The van der Waals surface area contributed by atoms with E-state index in [-0.39, 0.29) is 0 Å². The van der Waals surface area contributed by atoms with Crippen LogP contribution in [0.5, 0.6) is 11.5 Å². The van der Waals surface area contributed by atoms with Crippen LogP contribution < -0.4 is 19.3 Å². The highest BCUT2D eigenvalue weighted by Crippen LogP contribution is 2.43. The first-order valence-corrected chi connectivity index (χ1v) is 22.0. The second kappa shape index (κ2) is 19.0. The maximum absolute atomic E-state index is 12.2. The van der Waals surface area contributed by atoms with Gasteiger partial charge < -0.3 is 19.3 Å². The average molecular weight is 883 g/mol. The van der Waals surface area contributed by atoms with Gasteiger partial charge in [-0.3, -0.25) is 9.97 Å². The van der Waals surface area contributed by atoms with Gasteiger partial charge in [-0.2, -0.15) is 0 Å². The highest BCUT2D eigenvalue weighted by molar-refractivity contribution is 6.02. The number of hydrogen-bond donors (Lipinski definition) is 0. The molecule has 0 aliphatic carbocycles. The smallest absolute Gasteiger partial charge is 0.335 e. The topological polar surface area (TPSA) is 84.9 Å². The van der Waals surface area contributed by atoms with E-state index in [2.05, 4.69) is 130 Å². The summed E-state index contributed by atoms with van der Waals surface area (Å²) in [7, 11) is 0. The van der Waals surface area contributed by atoms with E-state index >= 15 is 0 Å². The van der Waals surface area contributed by atoms with E-state index in [0.717, 1.165) is 101 Å². The monoisotopic (exact) mass is 882 g/mol. The zero-order chi connectivity index (χ0) is 46.4. The molecular formula is C60H42N4O4. The van der Waals surface area contributed by atoms with E-state index in [9.17, 15) is 9.59 Å². The first-order valence-electron chi connectivity index (χ1n) is 22.0. The Bertz CT molecular complexity index is 3220. The quantitative estimate of drug-likeness (QED) is 0.0643. The Balaban J connectivity index is 0.999. The van der Waals surface area contributed by atoms with Crippen LogP contribution >= 0.6 is 0 Å². The molecule has 0 N–H and O–H groups in total. The van der Waals surface area contributed by atoms with Crippen molar-refractivity contribution in [2.24, 2.45) is 0 Å². The van der Waals surface area contributed by atoms with E-state index in [1.54, 1.807) is 12.4 Å². The molecule has 0 spiro atoms. The van der Waals surface area contributed by atoms with Crippen molar-refractivity contribution in [1.82, 2.24) is 9.97 Å². The maximum Gasteiger partial charge on any atom is 0.335 e. The number of nitrogens with zero attached hydrogens (tertiary/aromatic N) is 4. The minimum absolute atomic E-state index is 0.418. The molecule has 0 amide bonds. The zero-order valence-corrected chi connectivity index (χ0v) is 36.8. The number of para-hydroxylation sites is 2. The number of anilines is 6. The van der Waals surface area contributed by atoms with Crippen LogP contribution in [0.4, 0.5) is 34.1 Å². The molecule has 0 unspecified atom stereocenters. The maximum atomic E-state index is 12.2. The third-order valence-corrected chi connectivity index (χ3v) is 11.6. The number of ether oxygens (including phenoxy) is 2. The van der Waals surface area contributed by atoms with Gasteiger partial charge in [0, 0.05) is 69.8 Å². The average Bonchev–Trinajstić information content (AvgIpc) is 3.40. The van der Waals surface area contributed by atoms with Crippen LogP contribution in [-0.2, 0) is 9.59 Å². The van der Waals surface area contributed by atoms with Crippen molar-refractivity contribution >= 4 is 67.6 Å². The standard InChI is InChI=1S/C60H42N4O4/c1-3-59(65)67-51-35-43-25-31-49(37-53(43)55(39-51)57-19-11-13-33-61-57)63(45-15-7-5-8-16-45)47-27-21-41(22-28-47)42-23-29-48(30-24-42)64(46-17-9-6-10-18-46)50-32-26-44-36-52(68-60(66)4-2)40-56(54(44)38-50)58-20-12-14-34-62-58/h3-40H,1-2H2. The van der Waals surface area contributed by atoms with Gasteiger partial charge in [0.1, 0.15) is 11.5 Å². The van der Waals surface area contributed by atoms with E-state index in [4.69, 9.17) is 9.47 Å². The van der Waals surface area contributed by atoms with Gasteiger partial charge >= 0.3 is 11.9 Å². The molecule has 0 fully saturated rings. The lowest BCUT2D eigenvalue weighted by Gasteiger charge is -2.27. The molecule has 8 aromatic carbocycles. The first kappa shape index (κ1) is 42.5. The van der Waals surface area contributed by atoms with Gasteiger partial charge in [0.05, 0.1) is 11.4 Å². The normalized spacial score (nSPS) is 10.9. The van der Waals surface area contributed by atoms with Crippen molar-refractivity contribution < 1.29 is 19.1 Å². The van der Waals surface area contributed by atoms with Crippen LogP contribution in [0.3, 0.4) is 0 Å². The van der Waals surface area contributed by atoms with Crippen molar-refractivity contribution in [3.05, 3.63) is 244 Å². The summed E-state index contributed by atoms with van der Waals surface area (Å²) < 4.78 is 11.2. The molecule has 2 heterocycles. The molecule has 2 aromatic heterocycles. The molecule has 0 atom stereocenters. The largest absolute Gasteiger partial charge is 0.423 e. The minimum Gasteiger partial charge on any atom is -0.423 e. The molecule has 10 aromatic rings. The number of fused-ring (bicyclic) bond motifs is 2. The molecule has 0 radical (unpaired) electrons. The Labute approximate surface area is 394 Å². The van der Waals surface area contributed by atoms with Gasteiger partial charge in [-0.25, -0.2) is 9.59 Å². The summed E-state index contributed by atoms with van der Waals surface area (Å²) in [5.74, 6) is -0.219. The zero-order valence-electron chi connectivity index (χ0n) is 36.8. The molecule has 0 aliphatic rings. The fourth-order valence-corrected chi connectivity index (χ4v) is 8.47. The highest BCUT2D eigenvalue weighted by atomic mass is 16.5. The second-order valence-corrected chi connectivity index (χ2v) is 15.9. The van der Waals surface area contributed by atoms with Crippen LogP contribution in [-0.4, -0.2) is 21.9 Å². The van der Waals surface area contributed by atoms with Crippen LogP contribution in [0.1, 0.15) is 0 Å². The molecular weight excluding hydrogens is 841 g/mol. The lowest BCUT2D eigenvalue weighted by Crippen LogP contribution is -2.10. The molecule has 0 aliphatic heterocycles. The van der Waals surface area contributed by atoms with E-state index in [1.165, 1.54) is 0 Å². The minimum atomic E-state index is -0.527. The van der Waals surface area contributed by atoms with Crippen LogP contribution in [0.2, 0.25) is 0 Å². The van der Waals surface area contributed by atoms with Gasteiger partial charge in [0.15, 0.2) is 0 Å². The Kier molecular flexibility index (Phi) is 11.9. The van der Waals surface area contributed by atoms with Crippen molar-refractivity contribution in [2.75, 3.05) is 9.80 Å². The summed E-state index contributed by atoms with van der Waals surface area (Å²) in [5, 5.41) is 3.72. The van der Waals surface area contributed by atoms with Crippen molar-refractivity contribution in [2.45, 2.75) is 0 Å². The molecule has 0 bridgehead atoms. The Hall–Kier alpha value is -9.40. The number of carbonyl (C=O) groups excluding carboxylic acids is 2. The molecule has 0 saturated carbocycles. The summed E-state index contributed by atoms with van der Waals surface area (Å²) in [4.78, 5) is 38.2. The lowest BCUT2D eigenvalue weighted by molar-refractivity contribution is -0.129. The molecule has 0 saturated heterocycles. The molecule has 326 valence electrons. The number of hydrogen-bond acceptors (Lipinski definition) is 8. The van der Waals surface area contributed by atoms with Crippen molar-refractivity contribution in [3.63, 3.8) is 0 Å². The van der Waals surface area contributed by atoms with E-state index in [0.29, 0.717) is 11.5 Å². The summed E-state index contributed by atoms with van der Waals surface area (Å²) in [6.07, 6.45) is 5.82. The van der Waals surface area contributed by atoms with Gasteiger partial charge in [0.25, 0.3) is 0 Å². The SMILES string of the molecule is C=CC(=O)Oc1cc(-c2ccccn2)c2cc(N(c3ccccc3)c3ccc(-c4ccc(N(c5ccccc5)c5ccc6cc(OC(=O)C=C)cc(-c7ccccn7)c6c5)cc4)cc3)ccc2c1. The number of aromatic nitrogens is 2. The second-order valence-electron chi connectivity index (χ2n) is 15.9. The molecule has 8 heteroatoms. The number of rotatable bonds is 13. The van der Waals surface area contributed by atoms with Crippen LogP contribution in [0, 0.1) is 0 Å². The Morgan fingerprint density at radius 2 is 0.765 bits per heavy atom. The Morgan fingerprint density at radius 1 is 0.397 bits per heavy atom. The number of benzene rings is 8. The highest BCUT2D eigenvalue weighted by Gasteiger charge is 2.19. The predicted octanol–water partition coefficient (Wildman–Crippen LogP) is 14.9. The number of carbonyl (C=O) groups is 2. The predicted molar refractivity (Wildman–Crippen MR) is 274 cm³/mol. The number of esters is 2. The van der Waals surface area contributed by atoms with Crippen LogP contribution in [0.25, 0.3) is 55.2 Å². The number of pyridine rings is 2. The summed E-state index contributed by atoms with van der Waals surface area (Å²) in [5.41, 5.74) is 11.2. The van der Waals surface area contributed by atoms with Crippen LogP contribution in [0.15, 0.2) is 244 Å². The fraction of sp³-hybridized carbons (Fsp3) is 0. The van der Waals surface area contributed by atoms with Gasteiger partial charge in [-0.15, -0.1) is 0 Å². The third kappa shape index (κ3) is 8.85. The summed E-state index contributed by atoms with van der Waals surface area (Å²) >= 11 is 0. The lowest BCUT2D eigenvalue weighted by atomic mass is 9.99.